The van der Waals surface area contributed by atoms with E-state index in [9.17, 15) is 9.59 Å². The van der Waals surface area contributed by atoms with Gasteiger partial charge in [-0.3, -0.25) is 9.59 Å². The monoisotopic (exact) mass is 461 g/mol. The van der Waals surface area contributed by atoms with E-state index in [2.05, 4.69) is 14.5 Å². The SMILES string of the molecule is Cc1cc(C(=O)CSc2nc3ccccc3c(=O)[nH]2)c(C)n1CC1COc2ccccc2O1. The first-order chi connectivity index (χ1) is 16.0. The van der Waals surface area contributed by atoms with Gasteiger partial charge >= 0.3 is 0 Å². The zero-order chi connectivity index (χ0) is 22.9. The van der Waals surface area contributed by atoms with Crippen LogP contribution in [0.15, 0.2) is 64.5 Å². The Hall–Kier alpha value is -3.52. The topological polar surface area (TPSA) is 86.2 Å². The first kappa shape index (κ1) is 21.3. The summed E-state index contributed by atoms with van der Waals surface area (Å²) in [6.45, 7) is 4.97. The number of para-hydroxylation sites is 3. The summed E-state index contributed by atoms with van der Waals surface area (Å²) in [6.07, 6.45) is -0.145. The lowest BCUT2D eigenvalue weighted by Crippen LogP contribution is -2.33. The van der Waals surface area contributed by atoms with Gasteiger partial charge in [-0.25, -0.2) is 4.98 Å². The second kappa shape index (κ2) is 8.78. The van der Waals surface area contributed by atoms with E-state index in [1.165, 1.54) is 11.8 Å². The lowest BCUT2D eigenvalue weighted by molar-refractivity contribution is 0.0777. The second-order valence-electron chi connectivity index (χ2n) is 7.99. The number of hydrogen-bond donors (Lipinski definition) is 1. The van der Waals surface area contributed by atoms with Crippen molar-refractivity contribution in [2.24, 2.45) is 0 Å². The number of H-pyrrole nitrogens is 1. The van der Waals surface area contributed by atoms with Crippen molar-refractivity contribution in [1.29, 1.82) is 0 Å². The van der Waals surface area contributed by atoms with Gasteiger partial charge in [-0.1, -0.05) is 36.0 Å². The summed E-state index contributed by atoms with van der Waals surface area (Å²) < 4.78 is 14.0. The zero-order valence-corrected chi connectivity index (χ0v) is 19.1. The summed E-state index contributed by atoms with van der Waals surface area (Å²) >= 11 is 1.23. The smallest absolute Gasteiger partial charge is 0.259 e. The Morgan fingerprint density at radius 1 is 1.15 bits per heavy atom. The number of fused-ring (bicyclic) bond motifs is 2. The molecule has 33 heavy (non-hydrogen) atoms. The Balaban J connectivity index is 1.29. The molecule has 1 unspecified atom stereocenters. The highest BCUT2D eigenvalue weighted by molar-refractivity contribution is 7.99. The highest BCUT2D eigenvalue weighted by Gasteiger charge is 2.24. The van der Waals surface area contributed by atoms with Gasteiger partial charge in [0.25, 0.3) is 5.56 Å². The third-order valence-electron chi connectivity index (χ3n) is 5.76. The molecule has 1 N–H and O–H groups in total. The molecular formula is C25H23N3O4S. The number of aromatic amines is 1. The quantitative estimate of drug-likeness (QED) is 0.264. The molecule has 2 aromatic carbocycles. The fourth-order valence-electron chi connectivity index (χ4n) is 4.07. The first-order valence-corrected chi connectivity index (χ1v) is 11.7. The number of ketones is 1. The number of nitrogens with zero attached hydrogens (tertiary/aromatic N) is 2. The molecule has 0 saturated carbocycles. The van der Waals surface area contributed by atoms with E-state index in [0.717, 1.165) is 22.9 Å². The molecular weight excluding hydrogens is 438 g/mol. The van der Waals surface area contributed by atoms with Gasteiger partial charge in [0.15, 0.2) is 28.5 Å². The van der Waals surface area contributed by atoms with Gasteiger partial charge in [-0.05, 0) is 44.2 Å². The number of hydrogen-bond acceptors (Lipinski definition) is 6. The molecule has 1 atom stereocenters. The highest BCUT2D eigenvalue weighted by Crippen LogP contribution is 2.31. The van der Waals surface area contributed by atoms with E-state index in [-0.39, 0.29) is 23.2 Å². The summed E-state index contributed by atoms with van der Waals surface area (Å²) in [6, 6.07) is 16.7. The minimum Gasteiger partial charge on any atom is -0.486 e. The molecule has 5 rings (SSSR count). The van der Waals surface area contributed by atoms with Crippen molar-refractivity contribution in [1.82, 2.24) is 14.5 Å². The lowest BCUT2D eigenvalue weighted by Gasteiger charge is -2.27. The molecule has 0 amide bonds. The highest BCUT2D eigenvalue weighted by atomic mass is 32.2. The summed E-state index contributed by atoms with van der Waals surface area (Å²) in [5.74, 6) is 1.66. The van der Waals surface area contributed by atoms with Gasteiger partial charge in [0, 0.05) is 17.0 Å². The van der Waals surface area contributed by atoms with Crippen LogP contribution >= 0.6 is 11.8 Å². The average Bonchev–Trinajstić information content (AvgIpc) is 3.11. The van der Waals surface area contributed by atoms with Crippen LogP contribution < -0.4 is 15.0 Å². The number of aromatic nitrogens is 3. The molecule has 0 aliphatic carbocycles. The van der Waals surface area contributed by atoms with E-state index in [0.29, 0.717) is 34.8 Å². The summed E-state index contributed by atoms with van der Waals surface area (Å²) in [5.41, 5.74) is 2.96. The fourth-order valence-corrected chi connectivity index (χ4v) is 4.82. The van der Waals surface area contributed by atoms with Crippen LogP contribution in [0.3, 0.4) is 0 Å². The fraction of sp³-hybridized carbons (Fsp3) is 0.240. The normalized spacial score (nSPS) is 15.0. The number of Topliss-reactive ketones (excluding diaryl/α,β-unsaturated/α-hetero) is 1. The van der Waals surface area contributed by atoms with Crippen LogP contribution in [-0.4, -0.2) is 38.8 Å². The van der Waals surface area contributed by atoms with Crippen molar-refractivity contribution in [3.8, 4) is 11.5 Å². The summed E-state index contributed by atoms with van der Waals surface area (Å²) in [5, 5.41) is 0.973. The summed E-state index contributed by atoms with van der Waals surface area (Å²) in [4.78, 5) is 32.5. The number of nitrogens with one attached hydrogen (secondary N) is 1. The molecule has 4 aromatic rings. The molecule has 1 aliphatic rings. The summed E-state index contributed by atoms with van der Waals surface area (Å²) in [7, 11) is 0. The molecule has 168 valence electrons. The number of carbonyl (C=O) groups is 1. The number of ether oxygens (including phenoxy) is 2. The molecule has 2 aromatic heterocycles. The molecule has 1 aliphatic heterocycles. The first-order valence-electron chi connectivity index (χ1n) is 10.7. The minimum atomic E-state index is -0.204. The standard InChI is InChI=1S/C25H23N3O4S/c1-15-11-19(16(2)28(15)12-17-13-31-22-9-5-6-10-23(22)32-17)21(29)14-33-25-26-20-8-4-3-7-18(20)24(30)27-25/h3-11,17H,12-14H2,1-2H3,(H,26,27,30). The third-order valence-corrected chi connectivity index (χ3v) is 6.63. The van der Waals surface area contributed by atoms with Crippen LogP contribution in [0.4, 0.5) is 0 Å². The van der Waals surface area contributed by atoms with Crippen molar-refractivity contribution >= 4 is 28.4 Å². The molecule has 8 heteroatoms. The van der Waals surface area contributed by atoms with Crippen LogP contribution in [0.1, 0.15) is 21.7 Å². The minimum absolute atomic E-state index is 0.0127. The number of aryl methyl sites for hydroxylation is 1. The van der Waals surface area contributed by atoms with E-state index in [1.54, 1.807) is 18.2 Å². The van der Waals surface area contributed by atoms with Gasteiger partial charge in [0.2, 0.25) is 0 Å². The molecule has 3 heterocycles. The second-order valence-corrected chi connectivity index (χ2v) is 8.96. The van der Waals surface area contributed by atoms with Crippen LogP contribution in [-0.2, 0) is 6.54 Å². The molecule has 0 spiro atoms. The maximum Gasteiger partial charge on any atom is 0.259 e. The Bertz CT molecular complexity index is 1410. The molecule has 0 bridgehead atoms. The Kier molecular flexibility index (Phi) is 5.68. The van der Waals surface area contributed by atoms with E-state index >= 15 is 0 Å². The van der Waals surface area contributed by atoms with Crippen LogP contribution in [0.25, 0.3) is 10.9 Å². The van der Waals surface area contributed by atoms with Crippen molar-refractivity contribution in [3.63, 3.8) is 0 Å². The Labute approximate surface area is 194 Å². The van der Waals surface area contributed by atoms with E-state index in [1.807, 2.05) is 50.2 Å². The van der Waals surface area contributed by atoms with Gasteiger partial charge < -0.3 is 19.0 Å². The Morgan fingerprint density at radius 3 is 2.76 bits per heavy atom. The van der Waals surface area contributed by atoms with E-state index < -0.39 is 0 Å². The van der Waals surface area contributed by atoms with Crippen molar-refractivity contribution < 1.29 is 14.3 Å². The number of rotatable bonds is 6. The molecule has 0 saturated heterocycles. The zero-order valence-electron chi connectivity index (χ0n) is 18.3. The van der Waals surface area contributed by atoms with Gasteiger partial charge in [0.1, 0.15) is 6.61 Å². The maximum absolute atomic E-state index is 13.0. The van der Waals surface area contributed by atoms with Crippen LogP contribution in [0.2, 0.25) is 0 Å². The van der Waals surface area contributed by atoms with Crippen molar-refractivity contribution in [3.05, 3.63) is 81.9 Å². The average molecular weight is 462 g/mol. The third kappa shape index (κ3) is 4.26. The number of thioether (sulfide) groups is 1. The lowest BCUT2D eigenvalue weighted by atomic mass is 10.2. The molecule has 0 radical (unpaired) electrons. The molecule has 7 nitrogen and oxygen atoms in total. The number of benzene rings is 2. The van der Waals surface area contributed by atoms with Crippen molar-refractivity contribution in [2.45, 2.75) is 31.7 Å². The van der Waals surface area contributed by atoms with Crippen LogP contribution in [0.5, 0.6) is 11.5 Å². The maximum atomic E-state index is 13.0. The predicted octanol–water partition coefficient (Wildman–Crippen LogP) is 4.16. The Morgan fingerprint density at radius 2 is 1.91 bits per heavy atom. The van der Waals surface area contributed by atoms with Gasteiger partial charge in [0.05, 0.1) is 23.2 Å². The van der Waals surface area contributed by atoms with Gasteiger partial charge in [-0.15, -0.1) is 0 Å². The van der Waals surface area contributed by atoms with Crippen molar-refractivity contribution in [2.75, 3.05) is 12.4 Å². The van der Waals surface area contributed by atoms with Crippen LogP contribution in [0, 0.1) is 13.8 Å². The van der Waals surface area contributed by atoms with Gasteiger partial charge in [-0.2, -0.15) is 0 Å². The van der Waals surface area contributed by atoms with E-state index in [4.69, 9.17) is 9.47 Å². The molecule has 0 fully saturated rings. The largest absolute Gasteiger partial charge is 0.486 e. The predicted molar refractivity (Wildman–Crippen MR) is 128 cm³/mol. The number of carbonyl (C=O) groups excluding carboxylic acids is 1.